The van der Waals surface area contributed by atoms with Crippen LogP contribution in [0.4, 0.5) is 19.0 Å². The molecule has 1 saturated heterocycles. The number of rotatable bonds is 5. The van der Waals surface area contributed by atoms with Gasteiger partial charge in [-0.3, -0.25) is 4.79 Å². The van der Waals surface area contributed by atoms with Crippen LogP contribution in [0.25, 0.3) is 10.2 Å². The van der Waals surface area contributed by atoms with E-state index >= 15 is 0 Å². The molecule has 0 N–H and O–H groups in total. The number of hydrogen-bond acceptors (Lipinski definition) is 6. The van der Waals surface area contributed by atoms with Crippen LogP contribution in [0, 0.1) is 0 Å². The van der Waals surface area contributed by atoms with Gasteiger partial charge in [-0.2, -0.15) is 13.2 Å². The molecule has 6 nitrogen and oxygen atoms in total. The quantitative estimate of drug-likeness (QED) is 0.593. The Morgan fingerprint density at radius 2 is 1.94 bits per heavy atom. The summed E-state index contributed by atoms with van der Waals surface area (Å²) in [6.45, 7) is 2.16. The van der Waals surface area contributed by atoms with Crippen molar-refractivity contribution in [2.24, 2.45) is 0 Å². The fourth-order valence-electron chi connectivity index (χ4n) is 3.67. The van der Waals surface area contributed by atoms with Gasteiger partial charge in [0.25, 0.3) is 0 Å². The summed E-state index contributed by atoms with van der Waals surface area (Å²) in [5.74, 6) is 1.36. The smallest absolute Gasteiger partial charge is 0.393 e. The van der Waals surface area contributed by atoms with E-state index in [1.807, 2.05) is 29.2 Å². The second-order valence-corrected chi connectivity index (χ2v) is 8.43. The van der Waals surface area contributed by atoms with Crippen molar-refractivity contribution in [1.29, 1.82) is 0 Å². The Morgan fingerprint density at radius 1 is 1.16 bits per heavy atom. The van der Waals surface area contributed by atoms with E-state index in [0.29, 0.717) is 54.4 Å². The van der Waals surface area contributed by atoms with E-state index in [-0.39, 0.29) is 10.8 Å². The van der Waals surface area contributed by atoms with Crippen LogP contribution in [-0.4, -0.2) is 60.2 Å². The highest BCUT2D eigenvalue weighted by Crippen LogP contribution is 2.34. The Labute approximate surface area is 181 Å². The van der Waals surface area contributed by atoms with Gasteiger partial charge in [-0.25, -0.2) is 9.97 Å². The summed E-state index contributed by atoms with van der Waals surface area (Å²) in [7, 11) is 1.59. The highest BCUT2D eigenvalue weighted by Gasteiger charge is 2.30. The van der Waals surface area contributed by atoms with E-state index in [4.69, 9.17) is 4.74 Å². The van der Waals surface area contributed by atoms with Crippen molar-refractivity contribution in [2.75, 3.05) is 38.2 Å². The number of amides is 1. The number of hydrogen-bond donors (Lipinski definition) is 0. The second kappa shape index (κ2) is 8.70. The number of fused-ring (bicyclic) bond motifs is 1. The van der Waals surface area contributed by atoms with Gasteiger partial charge in [0, 0.05) is 31.1 Å². The maximum absolute atomic E-state index is 12.8. The summed E-state index contributed by atoms with van der Waals surface area (Å²) in [6.07, 6.45) is -3.56. The number of ether oxygens (including phenoxy) is 1. The molecule has 1 amide bonds. The van der Waals surface area contributed by atoms with Crippen LogP contribution in [0.1, 0.15) is 10.4 Å². The van der Waals surface area contributed by atoms with Crippen molar-refractivity contribution >= 4 is 33.3 Å². The molecule has 1 fully saturated rings. The predicted octanol–water partition coefficient (Wildman–Crippen LogP) is 3.70. The third-order valence-electron chi connectivity index (χ3n) is 5.16. The van der Waals surface area contributed by atoms with Gasteiger partial charge >= 0.3 is 6.18 Å². The summed E-state index contributed by atoms with van der Waals surface area (Å²) in [4.78, 5) is 25.7. The summed E-state index contributed by atoms with van der Waals surface area (Å²) in [5, 5.41) is 0.628. The molecule has 1 aliphatic heterocycles. The van der Waals surface area contributed by atoms with Gasteiger partial charge in [0.05, 0.1) is 25.3 Å². The van der Waals surface area contributed by atoms with E-state index in [2.05, 4.69) is 9.97 Å². The van der Waals surface area contributed by atoms with Crippen LogP contribution in [0.3, 0.4) is 0 Å². The van der Waals surface area contributed by atoms with Crippen molar-refractivity contribution in [3.05, 3.63) is 47.1 Å². The standard InChI is InChI=1S/C21H21F3N4O2S/c1-30-15-4-2-3-14(9-15)10-18(29)27-5-7-28(8-6-27)19-17-11-16(12-21(22,23)24)31-20(17)26-13-25-19/h2-4,9,11,13H,5-8,10,12H2,1H3. The molecule has 0 aliphatic carbocycles. The molecule has 3 aromatic rings. The Morgan fingerprint density at radius 3 is 2.65 bits per heavy atom. The molecule has 2 aromatic heterocycles. The first kappa shape index (κ1) is 21.4. The number of aromatic nitrogens is 2. The number of thiophene rings is 1. The van der Waals surface area contributed by atoms with Crippen LogP contribution < -0.4 is 9.64 Å². The zero-order valence-corrected chi connectivity index (χ0v) is 17.7. The van der Waals surface area contributed by atoms with Crippen LogP contribution in [0.2, 0.25) is 0 Å². The third-order valence-corrected chi connectivity index (χ3v) is 6.20. The number of carbonyl (C=O) groups is 1. The molecule has 0 saturated carbocycles. The van der Waals surface area contributed by atoms with Gasteiger partial charge in [0.2, 0.25) is 5.91 Å². The largest absolute Gasteiger partial charge is 0.497 e. The molecular weight excluding hydrogens is 429 g/mol. The lowest BCUT2D eigenvalue weighted by Gasteiger charge is -2.35. The number of benzene rings is 1. The molecule has 0 bridgehead atoms. The number of carbonyl (C=O) groups excluding carboxylic acids is 1. The van der Waals surface area contributed by atoms with Crippen LogP contribution in [0.15, 0.2) is 36.7 Å². The number of nitrogens with zero attached hydrogens (tertiary/aromatic N) is 4. The first-order valence-corrected chi connectivity index (χ1v) is 10.6. The predicted molar refractivity (Wildman–Crippen MR) is 113 cm³/mol. The molecule has 0 radical (unpaired) electrons. The summed E-state index contributed by atoms with van der Waals surface area (Å²) < 4.78 is 43.5. The number of anilines is 1. The zero-order valence-electron chi connectivity index (χ0n) is 16.9. The highest BCUT2D eigenvalue weighted by molar-refractivity contribution is 7.18. The van der Waals surface area contributed by atoms with Gasteiger partial charge in [0.1, 0.15) is 22.7 Å². The maximum Gasteiger partial charge on any atom is 0.393 e. The Kier molecular flexibility index (Phi) is 5.99. The third kappa shape index (κ3) is 5.07. The van der Waals surface area contributed by atoms with Gasteiger partial charge < -0.3 is 14.5 Å². The number of halogens is 3. The Bertz CT molecular complexity index is 1080. The normalized spacial score (nSPS) is 14.8. The lowest BCUT2D eigenvalue weighted by Crippen LogP contribution is -2.49. The summed E-state index contributed by atoms with van der Waals surface area (Å²) in [5.41, 5.74) is 0.889. The van der Waals surface area contributed by atoms with Crippen molar-refractivity contribution in [1.82, 2.24) is 14.9 Å². The Balaban J connectivity index is 1.42. The number of methoxy groups -OCH3 is 1. The SMILES string of the molecule is COc1cccc(CC(=O)N2CCN(c3ncnc4sc(CC(F)(F)F)cc34)CC2)c1. The molecule has 0 unspecified atom stereocenters. The van der Waals surface area contributed by atoms with E-state index in [9.17, 15) is 18.0 Å². The average Bonchev–Trinajstić information content (AvgIpc) is 3.14. The van der Waals surface area contributed by atoms with Crippen molar-refractivity contribution in [3.63, 3.8) is 0 Å². The van der Waals surface area contributed by atoms with Crippen LogP contribution in [-0.2, 0) is 17.6 Å². The van der Waals surface area contributed by atoms with E-state index in [0.717, 1.165) is 16.9 Å². The maximum atomic E-state index is 12.8. The minimum Gasteiger partial charge on any atom is -0.497 e. The fraction of sp³-hybridized carbons (Fsp3) is 0.381. The first-order chi connectivity index (χ1) is 14.8. The van der Waals surface area contributed by atoms with E-state index in [1.54, 1.807) is 12.0 Å². The molecule has 0 spiro atoms. The second-order valence-electron chi connectivity index (χ2n) is 7.32. The summed E-state index contributed by atoms with van der Waals surface area (Å²) in [6, 6.07) is 8.96. The zero-order chi connectivity index (χ0) is 22.0. The minimum absolute atomic E-state index is 0.0312. The fourth-order valence-corrected chi connectivity index (χ4v) is 4.69. The lowest BCUT2D eigenvalue weighted by atomic mass is 10.1. The summed E-state index contributed by atoms with van der Waals surface area (Å²) >= 11 is 1.04. The van der Waals surface area contributed by atoms with E-state index < -0.39 is 12.6 Å². The molecular formula is C21H21F3N4O2S. The lowest BCUT2D eigenvalue weighted by molar-refractivity contribution is -0.130. The van der Waals surface area contributed by atoms with Crippen molar-refractivity contribution in [2.45, 2.75) is 19.0 Å². The molecule has 0 atom stereocenters. The van der Waals surface area contributed by atoms with Crippen LogP contribution in [0.5, 0.6) is 5.75 Å². The molecule has 3 heterocycles. The first-order valence-electron chi connectivity index (χ1n) is 9.78. The Hall–Kier alpha value is -2.88. The van der Waals surface area contributed by atoms with Crippen LogP contribution >= 0.6 is 11.3 Å². The highest BCUT2D eigenvalue weighted by atomic mass is 32.1. The number of piperazine rings is 1. The minimum atomic E-state index is -4.26. The van der Waals surface area contributed by atoms with Crippen molar-refractivity contribution in [3.8, 4) is 5.75 Å². The van der Waals surface area contributed by atoms with Gasteiger partial charge in [-0.1, -0.05) is 12.1 Å². The monoisotopic (exact) mass is 450 g/mol. The molecule has 10 heteroatoms. The van der Waals surface area contributed by atoms with Gasteiger partial charge in [-0.15, -0.1) is 11.3 Å². The van der Waals surface area contributed by atoms with Gasteiger partial charge in [-0.05, 0) is 23.8 Å². The molecule has 31 heavy (non-hydrogen) atoms. The van der Waals surface area contributed by atoms with Gasteiger partial charge in [0.15, 0.2) is 0 Å². The topological polar surface area (TPSA) is 58.6 Å². The molecule has 4 rings (SSSR count). The molecule has 164 valence electrons. The average molecular weight is 450 g/mol. The molecule has 1 aromatic carbocycles. The number of alkyl halides is 3. The molecule has 1 aliphatic rings. The van der Waals surface area contributed by atoms with E-state index in [1.165, 1.54) is 12.4 Å². The van der Waals surface area contributed by atoms with Crippen molar-refractivity contribution < 1.29 is 22.7 Å².